The zero-order chi connectivity index (χ0) is 13.1. The first-order valence-corrected chi connectivity index (χ1v) is 6.01. The minimum absolute atomic E-state index is 0.0268. The van der Waals surface area contributed by atoms with E-state index in [9.17, 15) is 10.4 Å². The molecule has 1 unspecified atom stereocenters. The number of pyridine rings is 1. The summed E-state index contributed by atoms with van der Waals surface area (Å²) in [7, 11) is 1.11. The second kappa shape index (κ2) is 5.74. The zero-order valence-electron chi connectivity index (χ0n) is 9.80. The summed E-state index contributed by atoms with van der Waals surface area (Å²) in [6.07, 6.45) is 1.33. The Labute approximate surface area is 108 Å². The van der Waals surface area contributed by atoms with E-state index >= 15 is 0 Å². The van der Waals surface area contributed by atoms with Gasteiger partial charge < -0.3 is 15.2 Å². The third kappa shape index (κ3) is 3.62. The SMILES string of the molecule is CCN(CCO)c1ncc([N+](C)([O-])O)cc1Br. The molecule has 7 heteroatoms. The largest absolute Gasteiger partial charge is 0.593 e. The number of nitrogens with zero attached hydrogens (tertiary/aromatic N) is 3. The van der Waals surface area contributed by atoms with Gasteiger partial charge in [0, 0.05) is 19.2 Å². The molecule has 1 atom stereocenters. The molecule has 96 valence electrons. The molecule has 1 aromatic heterocycles. The van der Waals surface area contributed by atoms with Gasteiger partial charge >= 0.3 is 0 Å². The molecule has 0 fully saturated rings. The first-order valence-electron chi connectivity index (χ1n) is 5.22. The fourth-order valence-electron chi connectivity index (χ4n) is 1.41. The normalized spacial score (nSPS) is 14.5. The van der Waals surface area contributed by atoms with E-state index in [-0.39, 0.29) is 12.3 Å². The topological polar surface area (TPSA) is 79.7 Å². The number of aromatic nitrogens is 1. The van der Waals surface area contributed by atoms with Gasteiger partial charge in [-0.25, -0.2) is 10.2 Å². The van der Waals surface area contributed by atoms with Gasteiger partial charge in [-0.2, -0.15) is 4.81 Å². The van der Waals surface area contributed by atoms with Gasteiger partial charge in [-0.15, -0.1) is 0 Å². The van der Waals surface area contributed by atoms with Crippen molar-refractivity contribution in [2.24, 2.45) is 0 Å². The highest BCUT2D eigenvalue weighted by atomic mass is 79.9. The van der Waals surface area contributed by atoms with Crippen molar-refractivity contribution in [1.82, 2.24) is 9.79 Å². The summed E-state index contributed by atoms with van der Waals surface area (Å²) in [6.45, 7) is 3.12. The highest BCUT2D eigenvalue weighted by Crippen LogP contribution is 2.29. The Morgan fingerprint density at radius 3 is 2.65 bits per heavy atom. The van der Waals surface area contributed by atoms with E-state index in [1.165, 1.54) is 12.3 Å². The fraction of sp³-hybridized carbons (Fsp3) is 0.500. The molecule has 2 N–H and O–H groups in total. The minimum Gasteiger partial charge on any atom is -0.593 e. The summed E-state index contributed by atoms with van der Waals surface area (Å²) < 4.78 is 0.611. The third-order valence-electron chi connectivity index (χ3n) is 2.34. The predicted molar refractivity (Wildman–Crippen MR) is 69.8 cm³/mol. The van der Waals surface area contributed by atoms with Crippen LogP contribution in [0.4, 0.5) is 11.5 Å². The second-order valence-corrected chi connectivity index (χ2v) is 4.54. The summed E-state index contributed by atoms with van der Waals surface area (Å²) in [4.78, 5) is 4.47. The summed E-state index contributed by atoms with van der Waals surface area (Å²) in [5.74, 6) is 0.638. The number of halogens is 1. The van der Waals surface area contributed by atoms with Gasteiger partial charge in [0.05, 0.1) is 17.3 Å². The maximum absolute atomic E-state index is 11.3. The smallest absolute Gasteiger partial charge is 0.185 e. The monoisotopic (exact) mass is 305 g/mol. The van der Waals surface area contributed by atoms with E-state index in [2.05, 4.69) is 20.9 Å². The Balaban J connectivity index is 3.04. The summed E-state index contributed by atoms with van der Waals surface area (Å²) >= 11 is 3.31. The molecule has 0 saturated carbocycles. The van der Waals surface area contributed by atoms with Gasteiger partial charge in [-0.3, -0.25) is 0 Å². The average Bonchev–Trinajstić information content (AvgIpc) is 2.25. The van der Waals surface area contributed by atoms with Crippen molar-refractivity contribution in [3.05, 3.63) is 21.9 Å². The van der Waals surface area contributed by atoms with Crippen LogP contribution in [-0.2, 0) is 0 Å². The van der Waals surface area contributed by atoms with Gasteiger partial charge in [0.2, 0.25) is 0 Å². The Kier molecular flexibility index (Phi) is 4.84. The molecular weight excluding hydrogens is 290 g/mol. The van der Waals surface area contributed by atoms with E-state index in [0.717, 1.165) is 7.05 Å². The van der Waals surface area contributed by atoms with Crippen LogP contribution in [0.2, 0.25) is 0 Å². The second-order valence-electron chi connectivity index (χ2n) is 3.68. The van der Waals surface area contributed by atoms with Crippen molar-refractivity contribution in [1.29, 1.82) is 0 Å². The van der Waals surface area contributed by atoms with Crippen molar-refractivity contribution < 1.29 is 10.3 Å². The van der Waals surface area contributed by atoms with Crippen molar-refractivity contribution >= 4 is 27.4 Å². The average molecular weight is 306 g/mol. The molecule has 0 saturated heterocycles. The number of hydroxylamine groups is 2. The minimum atomic E-state index is -1.52. The van der Waals surface area contributed by atoms with E-state index in [4.69, 9.17) is 5.11 Å². The van der Waals surface area contributed by atoms with Crippen molar-refractivity contribution in [3.63, 3.8) is 0 Å². The lowest BCUT2D eigenvalue weighted by Crippen LogP contribution is -2.34. The highest BCUT2D eigenvalue weighted by molar-refractivity contribution is 9.10. The molecular formula is C10H16BrN3O3. The summed E-state index contributed by atoms with van der Waals surface area (Å²) in [6, 6.07) is 1.52. The van der Waals surface area contributed by atoms with Crippen LogP contribution in [0.15, 0.2) is 16.7 Å². The molecule has 0 amide bonds. The molecule has 0 aliphatic rings. The quantitative estimate of drug-likeness (QED) is 0.636. The van der Waals surface area contributed by atoms with E-state index in [1.807, 2.05) is 11.8 Å². The van der Waals surface area contributed by atoms with Gasteiger partial charge in [0.15, 0.2) is 5.69 Å². The number of quaternary nitrogens is 1. The van der Waals surface area contributed by atoms with E-state index < -0.39 is 4.81 Å². The number of hydrogen-bond donors (Lipinski definition) is 2. The molecule has 0 radical (unpaired) electrons. The lowest BCUT2D eigenvalue weighted by molar-refractivity contribution is -0.00469. The predicted octanol–water partition coefficient (Wildman–Crippen LogP) is 1.49. The van der Waals surface area contributed by atoms with E-state index in [0.29, 0.717) is 23.4 Å². The highest BCUT2D eigenvalue weighted by Gasteiger charge is 2.16. The van der Waals surface area contributed by atoms with Crippen LogP contribution in [-0.4, -0.2) is 42.0 Å². The number of aliphatic hydroxyl groups excluding tert-OH is 1. The van der Waals surface area contributed by atoms with Crippen LogP contribution in [0.5, 0.6) is 0 Å². The number of hydrogen-bond acceptors (Lipinski definition) is 5. The summed E-state index contributed by atoms with van der Waals surface area (Å²) in [5, 5.41) is 29.5. The zero-order valence-corrected chi connectivity index (χ0v) is 11.4. The first-order chi connectivity index (χ1) is 7.90. The van der Waals surface area contributed by atoms with Crippen LogP contribution in [0.25, 0.3) is 0 Å². The van der Waals surface area contributed by atoms with Crippen molar-refractivity contribution in [2.45, 2.75) is 6.92 Å². The number of aliphatic hydroxyl groups is 1. The Hall–Kier alpha value is -0.730. The number of anilines is 1. The number of likely N-dealkylation sites (N-methyl/N-ethyl adjacent to an activating group) is 1. The van der Waals surface area contributed by atoms with Gasteiger partial charge in [-0.05, 0) is 22.9 Å². The Morgan fingerprint density at radius 2 is 2.24 bits per heavy atom. The van der Waals surface area contributed by atoms with Gasteiger partial charge in [0.1, 0.15) is 12.9 Å². The molecule has 0 spiro atoms. The standard InChI is InChI=1S/C10H16BrN3O3/c1-3-13(4-5-15)10-9(11)6-8(7-12-10)14(2,16)17/h6-7,15-16H,3-5H2,1-2H3. The molecule has 0 aromatic carbocycles. The molecule has 1 aromatic rings. The van der Waals surface area contributed by atoms with Crippen LogP contribution >= 0.6 is 15.9 Å². The van der Waals surface area contributed by atoms with Gasteiger partial charge in [0.25, 0.3) is 0 Å². The molecule has 0 bridgehead atoms. The van der Waals surface area contributed by atoms with Crippen molar-refractivity contribution in [2.75, 3.05) is 31.6 Å². The maximum atomic E-state index is 11.3. The molecule has 17 heavy (non-hydrogen) atoms. The first kappa shape index (κ1) is 14.3. The molecule has 0 aliphatic heterocycles. The summed E-state index contributed by atoms with van der Waals surface area (Å²) in [5.41, 5.74) is 0.140. The molecule has 6 nitrogen and oxygen atoms in total. The fourth-order valence-corrected chi connectivity index (χ4v) is 2.00. The van der Waals surface area contributed by atoms with E-state index in [1.54, 1.807) is 0 Å². The number of rotatable bonds is 5. The van der Waals surface area contributed by atoms with Crippen LogP contribution in [0, 0.1) is 5.21 Å². The maximum Gasteiger partial charge on any atom is 0.185 e. The Bertz CT molecular complexity index is 382. The third-order valence-corrected chi connectivity index (χ3v) is 2.92. The van der Waals surface area contributed by atoms with Gasteiger partial charge in [-0.1, -0.05) is 0 Å². The van der Waals surface area contributed by atoms with Crippen LogP contribution < -0.4 is 9.71 Å². The van der Waals surface area contributed by atoms with Crippen LogP contribution in [0.1, 0.15) is 6.92 Å². The van der Waals surface area contributed by atoms with Crippen LogP contribution in [0.3, 0.4) is 0 Å². The van der Waals surface area contributed by atoms with Crippen molar-refractivity contribution in [3.8, 4) is 0 Å². The molecule has 1 rings (SSSR count). The lowest BCUT2D eigenvalue weighted by atomic mass is 10.3. The molecule has 1 heterocycles. The Morgan fingerprint density at radius 1 is 1.59 bits per heavy atom. The molecule has 0 aliphatic carbocycles. The lowest BCUT2D eigenvalue weighted by Gasteiger charge is -2.29.